The third-order valence-electron chi connectivity index (χ3n) is 3.19. The molecule has 1 aliphatic rings. The Morgan fingerprint density at radius 1 is 1.39 bits per heavy atom. The molecular weight excluding hydrogens is 271 g/mol. The molecule has 1 saturated heterocycles. The molecule has 2 rings (SSSR count). The number of hydrogen-bond donors (Lipinski definition) is 1. The standard InChI is InChI=1S/C13H17ClN2O.ClH/c14-11-5-3-10(4-6-11)12-2-1-9-16(12)13(17)7-8-15;/h3-6,12H,1-2,7-9,15H2;1H. The first kappa shape index (κ1) is 15.3. The Labute approximate surface area is 119 Å². The first-order chi connectivity index (χ1) is 8.22. The molecule has 1 unspecified atom stereocenters. The van der Waals surface area contributed by atoms with Crippen LogP contribution in [0.15, 0.2) is 24.3 Å². The van der Waals surface area contributed by atoms with Gasteiger partial charge in [0.1, 0.15) is 0 Å². The summed E-state index contributed by atoms with van der Waals surface area (Å²) in [7, 11) is 0. The summed E-state index contributed by atoms with van der Waals surface area (Å²) in [4.78, 5) is 13.9. The van der Waals surface area contributed by atoms with E-state index in [4.69, 9.17) is 17.3 Å². The molecule has 0 spiro atoms. The van der Waals surface area contributed by atoms with Gasteiger partial charge < -0.3 is 10.6 Å². The molecule has 1 heterocycles. The lowest BCUT2D eigenvalue weighted by atomic mass is 10.0. The maximum Gasteiger partial charge on any atom is 0.224 e. The van der Waals surface area contributed by atoms with E-state index in [1.54, 1.807) is 0 Å². The SMILES string of the molecule is Cl.NCCC(=O)N1CCCC1c1ccc(Cl)cc1. The van der Waals surface area contributed by atoms with Crippen LogP contribution in [0.3, 0.4) is 0 Å². The van der Waals surface area contributed by atoms with Gasteiger partial charge in [0, 0.05) is 24.5 Å². The number of nitrogens with zero attached hydrogens (tertiary/aromatic N) is 1. The smallest absolute Gasteiger partial charge is 0.224 e. The molecule has 100 valence electrons. The highest BCUT2D eigenvalue weighted by molar-refractivity contribution is 6.30. The molecule has 0 saturated carbocycles. The zero-order valence-electron chi connectivity index (χ0n) is 10.1. The van der Waals surface area contributed by atoms with Gasteiger partial charge in [-0.25, -0.2) is 0 Å². The number of halogens is 2. The van der Waals surface area contributed by atoms with E-state index in [9.17, 15) is 4.79 Å². The van der Waals surface area contributed by atoms with Crippen LogP contribution in [0.5, 0.6) is 0 Å². The number of hydrogen-bond acceptors (Lipinski definition) is 2. The van der Waals surface area contributed by atoms with Crippen molar-refractivity contribution in [2.24, 2.45) is 5.73 Å². The highest BCUT2D eigenvalue weighted by atomic mass is 35.5. The summed E-state index contributed by atoms with van der Waals surface area (Å²) in [5.41, 5.74) is 6.60. The second-order valence-electron chi connectivity index (χ2n) is 4.34. The van der Waals surface area contributed by atoms with Crippen LogP contribution in [0.1, 0.15) is 30.9 Å². The molecule has 1 aliphatic heterocycles. The molecule has 2 N–H and O–H groups in total. The quantitative estimate of drug-likeness (QED) is 0.930. The van der Waals surface area contributed by atoms with E-state index < -0.39 is 0 Å². The third kappa shape index (κ3) is 3.37. The summed E-state index contributed by atoms with van der Waals surface area (Å²) >= 11 is 5.87. The van der Waals surface area contributed by atoms with Crippen LogP contribution >= 0.6 is 24.0 Å². The lowest BCUT2D eigenvalue weighted by molar-refractivity contribution is -0.131. The Morgan fingerprint density at radius 3 is 2.67 bits per heavy atom. The maximum atomic E-state index is 11.9. The Hall–Kier alpha value is -0.770. The minimum Gasteiger partial charge on any atom is -0.336 e. The fourth-order valence-electron chi connectivity index (χ4n) is 2.36. The number of benzene rings is 1. The van der Waals surface area contributed by atoms with Gasteiger partial charge in [-0.2, -0.15) is 0 Å². The van der Waals surface area contributed by atoms with Crippen molar-refractivity contribution in [2.75, 3.05) is 13.1 Å². The molecular formula is C13H18Cl2N2O. The van der Waals surface area contributed by atoms with Crippen molar-refractivity contribution in [3.8, 4) is 0 Å². The van der Waals surface area contributed by atoms with Crippen molar-refractivity contribution in [1.82, 2.24) is 4.90 Å². The largest absolute Gasteiger partial charge is 0.336 e. The first-order valence-electron chi connectivity index (χ1n) is 5.97. The highest BCUT2D eigenvalue weighted by Crippen LogP contribution is 2.32. The Balaban J connectivity index is 0.00000162. The molecule has 1 aromatic carbocycles. The molecule has 0 bridgehead atoms. The second-order valence-corrected chi connectivity index (χ2v) is 4.77. The van der Waals surface area contributed by atoms with Crippen LogP contribution in [0, 0.1) is 0 Å². The summed E-state index contributed by atoms with van der Waals surface area (Å²) in [5, 5.41) is 0.728. The lowest BCUT2D eigenvalue weighted by Gasteiger charge is -2.25. The van der Waals surface area contributed by atoms with Gasteiger partial charge in [-0.1, -0.05) is 23.7 Å². The molecule has 1 fully saturated rings. The van der Waals surface area contributed by atoms with Crippen molar-refractivity contribution in [3.63, 3.8) is 0 Å². The van der Waals surface area contributed by atoms with Gasteiger partial charge in [0.2, 0.25) is 5.91 Å². The number of nitrogens with two attached hydrogens (primary N) is 1. The predicted octanol–water partition coefficient (Wildman–Crippen LogP) is 2.77. The van der Waals surface area contributed by atoms with Crippen LogP contribution in [-0.2, 0) is 4.79 Å². The summed E-state index contributed by atoms with van der Waals surface area (Å²) in [5.74, 6) is 0.157. The van der Waals surface area contributed by atoms with Crippen LogP contribution in [-0.4, -0.2) is 23.9 Å². The predicted molar refractivity (Wildman–Crippen MR) is 76.1 cm³/mol. The average molecular weight is 289 g/mol. The molecule has 0 aliphatic carbocycles. The molecule has 1 atom stereocenters. The van der Waals surface area contributed by atoms with E-state index >= 15 is 0 Å². The van der Waals surface area contributed by atoms with Gasteiger partial charge >= 0.3 is 0 Å². The Morgan fingerprint density at radius 2 is 2.06 bits per heavy atom. The maximum absolute atomic E-state index is 11.9. The van der Waals surface area contributed by atoms with Crippen LogP contribution in [0.25, 0.3) is 0 Å². The zero-order chi connectivity index (χ0) is 12.3. The molecule has 0 aromatic heterocycles. The topological polar surface area (TPSA) is 46.3 Å². The second kappa shape index (κ2) is 6.98. The van der Waals surface area contributed by atoms with Gasteiger partial charge in [-0.05, 0) is 30.5 Å². The number of carbonyl (C=O) groups excluding carboxylic acids is 1. The minimum absolute atomic E-state index is 0. The fraction of sp³-hybridized carbons (Fsp3) is 0.462. The lowest BCUT2D eigenvalue weighted by Crippen LogP contribution is -2.31. The average Bonchev–Trinajstić information content (AvgIpc) is 2.79. The molecule has 3 nitrogen and oxygen atoms in total. The van der Waals surface area contributed by atoms with Crippen LogP contribution < -0.4 is 5.73 Å². The monoisotopic (exact) mass is 288 g/mol. The number of carbonyl (C=O) groups is 1. The fourth-order valence-corrected chi connectivity index (χ4v) is 2.49. The van der Waals surface area contributed by atoms with E-state index in [1.807, 2.05) is 29.2 Å². The van der Waals surface area contributed by atoms with Crippen molar-refractivity contribution in [3.05, 3.63) is 34.9 Å². The summed E-state index contributed by atoms with van der Waals surface area (Å²) < 4.78 is 0. The zero-order valence-corrected chi connectivity index (χ0v) is 11.7. The third-order valence-corrected chi connectivity index (χ3v) is 3.44. The van der Waals surface area contributed by atoms with Crippen molar-refractivity contribution >= 4 is 29.9 Å². The number of rotatable bonds is 3. The van der Waals surface area contributed by atoms with E-state index in [0.717, 1.165) is 30.0 Å². The van der Waals surface area contributed by atoms with Gasteiger partial charge in [-0.3, -0.25) is 4.79 Å². The highest BCUT2D eigenvalue weighted by Gasteiger charge is 2.29. The van der Waals surface area contributed by atoms with Gasteiger partial charge in [0.05, 0.1) is 6.04 Å². The van der Waals surface area contributed by atoms with Crippen molar-refractivity contribution in [1.29, 1.82) is 0 Å². The van der Waals surface area contributed by atoms with Crippen LogP contribution in [0.2, 0.25) is 5.02 Å². The summed E-state index contributed by atoms with van der Waals surface area (Å²) in [6.07, 6.45) is 2.52. The van der Waals surface area contributed by atoms with Crippen molar-refractivity contribution < 1.29 is 4.79 Å². The van der Waals surface area contributed by atoms with E-state index in [1.165, 1.54) is 0 Å². The van der Waals surface area contributed by atoms with E-state index in [0.29, 0.717) is 13.0 Å². The molecule has 18 heavy (non-hydrogen) atoms. The minimum atomic E-state index is 0. The molecule has 0 radical (unpaired) electrons. The van der Waals surface area contributed by atoms with Crippen LogP contribution in [0.4, 0.5) is 0 Å². The molecule has 1 amide bonds. The van der Waals surface area contributed by atoms with E-state index in [-0.39, 0.29) is 24.4 Å². The van der Waals surface area contributed by atoms with Gasteiger partial charge in [0.15, 0.2) is 0 Å². The first-order valence-corrected chi connectivity index (χ1v) is 6.35. The molecule has 1 aromatic rings. The normalized spacial score (nSPS) is 18.6. The summed E-state index contributed by atoms with van der Waals surface area (Å²) in [6, 6.07) is 7.95. The Kier molecular flexibility index (Phi) is 5.93. The molecule has 5 heteroatoms. The van der Waals surface area contributed by atoms with Gasteiger partial charge in [-0.15, -0.1) is 12.4 Å². The van der Waals surface area contributed by atoms with Gasteiger partial charge in [0.25, 0.3) is 0 Å². The van der Waals surface area contributed by atoms with Crippen molar-refractivity contribution in [2.45, 2.75) is 25.3 Å². The number of likely N-dealkylation sites (tertiary alicyclic amines) is 1. The van der Waals surface area contributed by atoms with E-state index in [2.05, 4.69) is 0 Å². The Bertz CT molecular complexity index is 394. The summed E-state index contributed by atoms with van der Waals surface area (Å²) in [6.45, 7) is 1.26. The number of amides is 1.